The fraction of sp³-hybridized carbons (Fsp3) is 0.176. The Balaban J connectivity index is 2.21. The van der Waals surface area contributed by atoms with Crippen LogP contribution >= 0.6 is 0 Å². The van der Waals surface area contributed by atoms with Crippen LogP contribution in [0.3, 0.4) is 0 Å². The van der Waals surface area contributed by atoms with Crippen molar-refractivity contribution in [3.8, 4) is 0 Å². The summed E-state index contributed by atoms with van der Waals surface area (Å²) in [6, 6.07) is 15.3. The third kappa shape index (κ3) is 2.35. The fourth-order valence-electron chi connectivity index (χ4n) is 2.78. The van der Waals surface area contributed by atoms with Crippen molar-refractivity contribution in [1.29, 1.82) is 0 Å². The molecule has 2 aromatic carbocycles. The van der Waals surface area contributed by atoms with E-state index in [4.69, 9.17) is 0 Å². The summed E-state index contributed by atoms with van der Waals surface area (Å²) in [4.78, 5) is 25.9. The highest BCUT2D eigenvalue weighted by atomic mass is 16.3. The Kier molecular flexibility index (Phi) is 3.65. The summed E-state index contributed by atoms with van der Waals surface area (Å²) < 4.78 is 0. The number of hydrogen-bond donors (Lipinski definition) is 2. The predicted molar refractivity (Wildman–Crippen MR) is 83.4 cm³/mol. The maximum absolute atomic E-state index is 12.2. The number of amides is 2. The summed E-state index contributed by atoms with van der Waals surface area (Å²) in [5.41, 5.74) is 1.80. The SMILES string of the molecule is CC(=O)N1c2ccccc2NC(=O)[C@@H](O)[C@@H]1c1ccccc1. The largest absolute Gasteiger partial charge is 0.381 e. The minimum Gasteiger partial charge on any atom is -0.381 e. The number of hydrogen-bond acceptors (Lipinski definition) is 3. The average Bonchev–Trinajstić information content (AvgIpc) is 2.63. The van der Waals surface area contributed by atoms with E-state index in [9.17, 15) is 14.7 Å². The molecule has 0 spiro atoms. The Morgan fingerprint density at radius 1 is 1.09 bits per heavy atom. The van der Waals surface area contributed by atoms with Crippen LogP contribution < -0.4 is 10.2 Å². The molecule has 0 bridgehead atoms. The van der Waals surface area contributed by atoms with E-state index in [1.807, 2.05) is 18.2 Å². The van der Waals surface area contributed by atoms with Crippen molar-refractivity contribution < 1.29 is 14.7 Å². The molecule has 2 amide bonds. The first-order valence-electron chi connectivity index (χ1n) is 7.02. The maximum atomic E-state index is 12.2. The van der Waals surface area contributed by atoms with Gasteiger partial charge in [0.25, 0.3) is 5.91 Å². The highest BCUT2D eigenvalue weighted by molar-refractivity contribution is 6.05. The van der Waals surface area contributed by atoms with E-state index in [1.54, 1.807) is 36.4 Å². The van der Waals surface area contributed by atoms with E-state index in [-0.39, 0.29) is 5.91 Å². The number of carbonyl (C=O) groups is 2. The summed E-state index contributed by atoms with van der Waals surface area (Å²) in [6.07, 6.45) is -1.35. The third-order valence-electron chi connectivity index (χ3n) is 3.75. The average molecular weight is 296 g/mol. The topological polar surface area (TPSA) is 69.6 Å². The molecular weight excluding hydrogens is 280 g/mol. The summed E-state index contributed by atoms with van der Waals surface area (Å²) >= 11 is 0. The lowest BCUT2D eigenvalue weighted by atomic mass is 9.99. The van der Waals surface area contributed by atoms with Crippen molar-refractivity contribution in [2.75, 3.05) is 10.2 Å². The van der Waals surface area contributed by atoms with E-state index in [0.29, 0.717) is 16.9 Å². The minimum absolute atomic E-state index is 0.239. The van der Waals surface area contributed by atoms with Crippen LogP contribution in [0, 0.1) is 0 Å². The van der Waals surface area contributed by atoms with Crippen LogP contribution in [0.5, 0.6) is 0 Å². The summed E-state index contributed by atoms with van der Waals surface area (Å²) in [5, 5.41) is 13.1. The molecule has 3 rings (SSSR count). The second-order valence-electron chi connectivity index (χ2n) is 5.20. The molecule has 2 atom stereocenters. The molecule has 112 valence electrons. The molecule has 2 N–H and O–H groups in total. The van der Waals surface area contributed by atoms with E-state index in [1.165, 1.54) is 11.8 Å². The second kappa shape index (κ2) is 5.61. The number of fused-ring (bicyclic) bond motifs is 1. The highest BCUT2D eigenvalue weighted by Crippen LogP contribution is 2.37. The van der Waals surface area contributed by atoms with Crippen molar-refractivity contribution in [3.63, 3.8) is 0 Å². The molecule has 22 heavy (non-hydrogen) atoms. The smallest absolute Gasteiger partial charge is 0.255 e. The molecule has 0 fully saturated rings. The molecule has 1 aliphatic heterocycles. The molecule has 5 nitrogen and oxygen atoms in total. The van der Waals surface area contributed by atoms with Crippen molar-refractivity contribution in [1.82, 2.24) is 0 Å². The van der Waals surface area contributed by atoms with Gasteiger partial charge in [-0.1, -0.05) is 42.5 Å². The first kappa shape index (κ1) is 14.3. The Morgan fingerprint density at radius 3 is 2.41 bits per heavy atom. The number of carbonyl (C=O) groups excluding carboxylic acids is 2. The van der Waals surface area contributed by atoms with Gasteiger partial charge in [0, 0.05) is 6.92 Å². The first-order valence-corrected chi connectivity index (χ1v) is 7.02. The molecule has 0 aliphatic carbocycles. The van der Waals surface area contributed by atoms with Gasteiger partial charge in [0.15, 0.2) is 6.10 Å². The predicted octanol–water partition coefficient (Wildman–Crippen LogP) is 2.09. The van der Waals surface area contributed by atoms with Crippen molar-refractivity contribution in [3.05, 3.63) is 60.2 Å². The summed E-state index contributed by atoms with van der Waals surface area (Å²) in [5.74, 6) is -0.762. The number of anilines is 2. The van der Waals surface area contributed by atoms with Gasteiger partial charge in [-0.3, -0.25) is 14.5 Å². The van der Waals surface area contributed by atoms with Crippen molar-refractivity contribution in [2.24, 2.45) is 0 Å². The van der Waals surface area contributed by atoms with Gasteiger partial charge in [-0.2, -0.15) is 0 Å². The number of nitrogens with one attached hydrogen (secondary N) is 1. The zero-order valence-corrected chi connectivity index (χ0v) is 12.1. The third-order valence-corrected chi connectivity index (χ3v) is 3.75. The second-order valence-corrected chi connectivity index (χ2v) is 5.20. The molecule has 0 saturated heterocycles. The van der Waals surface area contributed by atoms with Crippen LogP contribution in [0.2, 0.25) is 0 Å². The van der Waals surface area contributed by atoms with Gasteiger partial charge in [-0.15, -0.1) is 0 Å². The molecule has 2 aromatic rings. The molecule has 1 heterocycles. The number of aliphatic hydroxyl groups excluding tert-OH is 1. The van der Waals surface area contributed by atoms with Gasteiger partial charge >= 0.3 is 0 Å². The summed E-state index contributed by atoms with van der Waals surface area (Å²) in [7, 11) is 0. The lowest BCUT2D eigenvalue weighted by Crippen LogP contribution is -2.42. The fourth-order valence-corrected chi connectivity index (χ4v) is 2.78. The van der Waals surface area contributed by atoms with Gasteiger partial charge in [-0.25, -0.2) is 0 Å². The number of para-hydroxylation sites is 2. The van der Waals surface area contributed by atoms with Crippen LogP contribution in [-0.4, -0.2) is 23.0 Å². The van der Waals surface area contributed by atoms with Gasteiger partial charge < -0.3 is 10.4 Å². The van der Waals surface area contributed by atoms with E-state index in [2.05, 4.69) is 5.32 Å². The Labute approximate surface area is 128 Å². The van der Waals surface area contributed by atoms with Gasteiger partial charge in [0.1, 0.15) is 0 Å². The Morgan fingerprint density at radius 2 is 1.73 bits per heavy atom. The number of benzene rings is 2. The van der Waals surface area contributed by atoms with Crippen molar-refractivity contribution >= 4 is 23.2 Å². The lowest BCUT2D eigenvalue weighted by molar-refractivity contribution is -0.125. The monoisotopic (exact) mass is 296 g/mol. The van der Waals surface area contributed by atoms with Gasteiger partial charge in [-0.05, 0) is 17.7 Å². The lowest BCUT2D eigenvalue weighted by Gasteiger charge is -2.31. The van der Waals surface area contributed by atoms with Crippen LogP contribution in [-0.2, 0) is 9.59 Å². The van der Waals surface area contributed by atoms with Crippen LogP contribution in [0.25, 0.3) is 0 Å². The molecule has 0 saturated carbocycles. The molecular formula is C17H16N2O3. The zero-order chi connectivity index (χ0) is 15.7. The van der Waals surface area contributed by atoms with Gasteiger partial charge in [0.2, 0.25) is 5.91 Å². The van der Waals surface area contributed by atoms with Crippen LogP contribution in [0.4, 0.5) is 11.4 Å². The van der Waals surface area contributed by atoms with Crippen LogP contribution in [0.1, 0.15) is 18.5 Å². The summed E-state index contributed by atoms with van der Waals surface area (Å²) in [6.45, 7) is 1.43. The molecule has 0 unspecified atom stereocenters. The molecule has 0 radical (unpaired) electrons. The Hall–Kier alpha value is -2.66. The van der Waals surface area contributed by atoms with E-state index in [0.717, 1.165) is 0 Å². The zero-order valence-electron chi connectivity index (χ0n) is 12.1. The normalized spacial score (nSPS) is 20.8. The quantitative estimate of drug-likeness (QED) is 0.846. The Bertz CT molecular complexity index is 715. The van der Waals surface area contributed by atoms with E-state index >= 15 is 0 Å². The molecule has 5 heteroatoms. The first-order chi connectivity index (χ1) is 10.6. The van der Waals surface area contributed by atoms with Crippen LogP contribution in [0.15, 0.2) is 54.6 Å². The standard InChI is InChI=1S/C17H16N2O3/c1-11(20)19-14-10-6-5-9-13(14)18-17(22)16(21)15(19)12-7-3-2-4-8-12/h2-10,15-16,21H,1H3,(H,18,22)/t15-,16-/m0/s1. The van der Waals surface area contributed by atoms with E-state index < -0.39 is 18.1 Å². The maximum Gasteiger partial charge on any atom is 0.255 e. The molecule has 0 aromatic heterocycles. The number of rotatable bonds is 1. The molecule has 1 aliphatic rings. The number of aliphatic hydroxyl groups is 1. The highest BCUT2D eigenvalue weighted by Gasteiger charge is 2.38. The minimum atomic E-state index is -1.35. The number of nitrogens with zero attached hydrogens (tertiary/aromatic N) is 1. The van der Waals surface area contributed by atoms with Gasteiger partial charge in [0.05, 0.1) is 17.4 Å². The van der Waals surface area contributed by atoms with Crippen molar-refractivity contribution in [2.45, 2.75) is 19.1 Å².